The molecule has 0 aliphatic carbocycles. The first kappa shape index (κ1) is 8.19. The third kappa shape index (κ3) is 1.17. The van der Waals surface area contributed by atoms with Crippen LogP contribution in [0.4, 0.5) is 5.82 Å². The molecule has 2 aromatic heterocycles. The molecule has 0 radical (unpaired) electrons. The van der Waals surface area contributed by atoms with Crippen LogP contribution in [0.3, 0.4) is 0 Å². The van der Waals surface area contributed by atoms with Crippen LogP contribution in [0.1, 0.15) is 5.69 Å². The fourth-order valence-electron chi connectivity index (χ4n) is 1.02. The molecule has 0 saturated carbocycles. The molecule has 14 heavy (non-hydrogen) atoms. The summed E-state index contributed by atoms with van der Waals surface area (Å²) in [5.41, 5.74) is 5.82. The molecule has 0 aliphatic heterocycles. The van der Waals surface area contributed by atoms with Crippen LogP contribution in [-0.2, 0) is 0 Å². The van der Waals surface area contributed by atoms with E-state index in [1.165, 1.54) is 10.9 Å². The smallest absolute Gasteiger partial charge is 0.236 e. The quantitative estimate of drug-likeness (QED) is 0.682. The number of hydrogen-bond donors (Lipinski definition) is 1. The fraction of sp³-hybridized carbons (Fsp3) is 0. The molecule has 0 unspecified atom stereocenters. The maximum Gasteiger partial charge on any atom is 0.236 e. The lowest BCUT2D eigenvalue weighted by molar-refractivity contribution is 0.933. The zero-order valence-corrected chi connectivity index (χ0v) is 7.12. The van der Waals surface area contributed by atoms with Gasteiger partial charge in [-0.05, 0) is 6.07 Å². The Morgan fingerprint density at radius 1 is 1.29 bits per heavy atom. The van der Waals surface area contributed by atoms with Gasteiger partial charge in [-0.1, -0.05) is 0 Å². The number of nitrogens with zero attached hydrogens (tertiary/aromatic N) is 5. The van der Waals surface area contributed by atoms with E-state index in [9.17, 15) is 0 Å². The van der Waals surface area contributed by atoms with Crippen molar-refractivity contribution in [1.29, 1.82) is 5.26 Å². The molecular weight excluding hydrogens is 180 g/mol. The Morgan fingerprint density at radius 2 is 2.00 bits per heavy atom. The van der Waals surface area contributed by atoms with Crippen molar-refractivity contribution in [3.05, 3.63) is 30.5 Å². The van der Waals surface area contributed by atoms with Crippen molar-refractivity contribution in [1.82, 2.24) is 19.5 Å². The third-order valence-corrected chi connectivity index (χ3v) is 1.68. The maximum absolute atomic E-state index is 8.63. The number of hydrogen-bond acceptors (Lipinski definition) is 5. The van der Waals surface area contributed by atoms with Gasteiger partial charge in [-0.25, -0.2) is 15.0 Å². The Morgan fingerprint density at radius 3 is 2.57 bits per heavy atom. The van der Waals surface area contributed by atoms with Gasteiger partial charge >= 0.3 is 0 Å². The van der Waals surface area contributed by atoms with Crippen molar-refractivity contribution in [2.45, 2.75) is 0 Å². The number of nitrogens with two attached hydrogens (primary N) is 1. The molecule has 6 heteroatoms. The van der Waals surface area contributed by atoms with E-state index in [4.69, 9.17) is 11.0 Å². The van der Waals surface area contributed by atoms with Crippen LogP contribution in [-0.4, -0.2) is 19.5 Å². The Labute approximate surface area is 79.7 Å². The van der Waals surface area contributed by atoms with Crippen LogP contribution in [0.15, 0.2) is 24.8 Å². The summed E-state index contributed by atoms with van der Waals surface area (Å²) in [7, 11) is 0. The van der Waals surface area contributed by atoms with Crippen molar-refractivity contribution in [3.63, 3.8) is 0 Å². The Kier molecular flexibility index (Phi) is 1.84. The van der Waals surface area contributed by atoms with E-state index in [0.717, 1.165) is 0 Å². The number of anilines is 1. The molecule has 2 aromatic rings. The normalized spacial score (nSPS) is 9.64. The SMILES string of the molecule is N#Cc1ncn(-c2ncccn2)c1N. The summed E-state index contributed by atoms with van der Waals surface area (Å²) in [6.07, 6.45) is 4.60. The molecule has 0 bridgehead atoms. The van der Waals surface area contributed by atoms with Gasteiger partial charge in [0.15, 0.2) is 5.69 Å². The van der Waals surface area contributed by atoms with Crippen molar-refractivity contribution in [2.75, 3.05) is 5.73 Å². The standard InChI is InChI=1S/C8H6N6/c9-4-6-7(10)14(5-13-6)8-11-2-1-3-12-8/h1-3,5H,10H2. The van der Waals surface area contributed by atoms with Crippen molar-refractivity contribution in [2.24, 2.45) is 0 Å². The molecule has 2 rings (SSSR count). The van der Waals surface area contributed by atoms with Gasteiger partial charge in [0.05, 0.1) is 0 Å². The first-order valence-corrected chi connectivity index (χ1v) is 3.83. The Balaban J connectivity index is 2.54. The molecule has 0 spiro atoms. The van der Waals surface area contributed by atoms with Crippen LogP contribution in [0, 0.1) is 11.3 Å². The third-order valence-electron chi connectivity index (χ3n) is 1.68. The molecule has 2 heterocycles. The summed E-state index contributed by atoms with van der Waals surface area (Å²) in [5.74, 6) is 0.651. The number of nitriles is 1. The molecule has 68 valence electrons. The van der Waals surface area contributed by atoms with Crippen LogP contribution in [0.2, 0.25) is 0 Å². The minimum Gasteiger partial charge on any atom is -0.382 e. The minimum atomic E-state index is 0.178. The number of nitrogen functional groups attached to an aromatic ring is 1. The average Bonchev–Trinajstić information content (AvgIpc) is 2.61. The fourth-order valence-corrected chi connectivity index (χ4v) is 1.02. The Bertz CT molecular complexity index is 480. The predicted molar refractivity (Wildman–Crippen MR) is 48.3 cm³/mol. The zero-order chi connectivity index (χ0) is 9.97. The maximum atomic E-state index is 8.63. The van der Waals surface area contributed by atoms with Gasteiger partial charge in [-0.15, -0.1) is 0 Å². The topological polar surface area (TPSA) is 93.4 Å². The molecule has 0 fully saturated rings. The largest absolute Gasteiger partial charge is 0.382 e. The monoisotopic (exact) mass is 186 g/mol. The molecule has 0 aliphatic rings. The van der Waals surface area contributed by atoms with Gasteiger partial charge in [0.1, 0.15) is 18.2 Å². The lowest BCUT2D eigenvalue weighted by Crippen LogP contribution is -2.03. The van der Waals surface area contributed by atoms with Gasteiger partial charge in [0.25, 0.3) is 0 Å². The van der Waals surface area contributed by atoms with Crippen molar-refractivity contribution < 1.29 is 0 Å². The van der Waals surface area contributed by atoms with Gasteiger partial charge < -0.3 is 5.73 Å². The van der Waals surface area contributed by atoms with Crippen LogP contribution in [0.5, 0.6) is 0 Å². The highest BCUT2D eigenvalue weighted by Crippen LogP contribution is 2.11. The van der Waals surface area contributed by atoms with E-state index in [1.54, 1.807) is 18.5 Å². The van der Waals surface area contributed by atoms with E-state index < -0.39 is 0 Å². The van der Waals surface area contributed by atoms with Gasteiger partial charge in [-0.3, -0.25) is 4.57 Å². The van der Waals surface area contributed by atoms with E-state index in [-0.39, 0.29) is 11.5 Å². The highest BCUT2D eigenvalue weighted by molar-refractivity contribution is 5.47. The molecule has 0 aromatic carbocycles. The highest BCUT2D eigenvalue weighted by Gasteiger charge is 2.08. The van der Waals surface area contributed by atoms with Crippen LogP contribution < -0.4 is 5.73 Å². The van der Waals surface area contributed by atoms with Gasteiger partial charge in [0.2, 0.25) is 5.95 Å². The summed E-state index contributed by atoms with van der Waals surface area (Å²) in [4.78, 5) is 11.8. The molecule has 6 nitrogen and oxygen atoms in total. The highest BCUT2D eigenvalue weighted by atomic mass is 15.2. The lowest BCUT2D eigenvalue weighted by Gasteiger charge is -2.00. The predicted octanol–water partition coefficient (Wildman–Crippen LogP) is 0.116. The van der Waals surface area contributed by atoms with Crippen molar-refractivity contribution >= 4 is 5.82 Å². The summed E-state index contributed by atoms with van der Waals surface area (Å²) >= 11 is 0. The van der Waals surface area contributed by atoms with Crippen LogP contribution in [0.25, 0.3) is 5.95 Å². The van der Waals surface area contributed by atoms with Gasteiger partial charge in [-0.2, -0.15) is 5.26 Å². The van der Waals surface area contributed by atoms with E-state index in [0.29, 0.717) is 5.95 Å². The second kappa shape index (κ2) is 3.14. The van der Waals surface area contributed by atoms with Gasteiger partial charge in [0, 0.05) is 12.4 Å². The van der Waals surface area contributed by atoms with Crippen molar-refractivity contribution in [3.8, 4) is 12.0 Å². The summed E-state index contributed by atoms with van der Waals surface area (Å²) < 4.78 is 1.46. The molecular formula is C8H6N6. The summed E-state index contributed by atoms with van der Waals surface area (Å²) in [5, 5.41) is 8.63. The Hall–Kier alpha value is -2.42. The van der Waals surface area contributed by atoms with Crippen LogP contribution >= 0.6 is 0 Å². The van der Waals surface area contributed by atoms with E-state index in [1.807, 2.05) is 6.07 Å². The first-order valence-electron chi connectivity index (χ1n) is 3.83. The first-order chi connectivity index (χ1) is 6.83. The molecule has 0 amide bonds. The average molecular weight is 186 g/mol. The number of imidazole rings is 1. The number of rotatable bonds is 1. The lowest BCUT2D eigenvalue weighted by atomic mass is 10.5. The molecule has 0 atom stereocenters. The van der Waals surface area contributed by atoms with E-state index >= 15 is 0 Å². The minimum absolute atomic E-state index is 0.178. The zero-order valence-electron chi connectivity index (χ0n) is 7.12. The molecule has 0 saturated heterocycles. The van der Waals surface area contributed by atoms with E-state index in [2.05, 4.69) is 15.0 Å². The second-order valence-electron chi connectivity index (χ2n) is 2.51. The molecule has 2 N–H and O–H groups in total. The summed E-state index contributed by atoms with van der Waals surface area (Å²) in [6.45, 7) is 0. The second-order valence-corrected chi connectivity index (χ2v) is 2.51. The number of aromatic nitrogens is 4. The summed E-state index contributed by atoms with van der Waals surface area (Å²) in [6, 6.07) is 3.57.